The Balaban J connectivity index is 1.52. The molecule has 3 rings (SSSR count). The van der Waals surface area contributed by atoms with Crippen molar-refractivity contribution in [2.24, 2.45) is 0 Å². The van der Waals surface area contributed by atoms with E-state index in [4.69, 9.17) is 14.2 Å². The van der Waals surface area contributed by atoms with Crippen molar-refractivity contribution in [2.75, 3.05) is 26.4 Å². The fourth-order valence-electron chi connectivity index (χ4n) is 3.14. The third-order valence-corrected chi connectivity index (χ3v) is 6.20. The maximum atomic E-state index is 6.17. The number of hydrogen-bond acceptors (Lipinski definition) is 6. The van der Waals surface area contributed by atoms with E-state index < -0.39 is 0 Å². The predicted octanol–water partition coefficient (Wildman–Crippen LogP) is 3.15. The van der Waals surface area contributed by atoms with Gasteiger partial charge in [0.2, 0.25) is 0 Å². The molecule has 2 fully saturated rings. The first-order chi connectivity index (χ1) is 11.0. The van der Waals surface area contributed by atoms with E-state index in [9.17, 15) is 0 Å². The van der Waals surface area contributed by atoms with Gasteiger partial charge in [-0.25, -0.2) is 4.98 Å². The zero-order chi connectivity index (χ0) is 16.4. The van der Waals surface area contributed by atoms with E-state index in [0.717, 1.165) is 38.3 Å². The number of thiazole rings is 1. The fraction of sp³-hybridized carbons (Fsp3) is 0.824. The van der Waals surface area contributed by atoms with Crippen LogP contribution in [-0.2, 0) is 14.2 Å². The molecular formula is C17H28N2O3S. The topological polar surface area (TPSA) is 52.6 Å². The molecule has 2 aliphatic heterocycles. The van der Waals surface area contributed by atoms with Gasteiger partial charge in [-0.3, -0.25) is 0 Å². The Kier molecular flexibility index (Phi) is 5.38. The Labute approximate surface area is 142 Å². The molecule has 130 valence electrons. The normalized spacial score (nSPS) is 25.3. The molecule has 0 aliphatic carbocycles. The molecule has 2 aliphatic rings. The van der Waals surface area contributed by atoms with Crippen molar-refractivity contribution < 1.29 is 14.2 Å². The van der Waals surface area contributed by atoms with Crippen molar-refractivity contribution >= 4 is 11.3 Å². The first-order valence-electron chi connectivity index (χ1n) is 8.59. The molecule has 0 saturated carbocycles. The Morgan fingerprint density at radius 2 is 2.04 bits per heavy atom. The highest BCUT2D eigenvalue weighted by Crippen LogP contribution is 2.33. The minimum Gasteiger partial charge on any atom is -0.381 e. The standard InChI is InChI=1S/C17H28N2O3S/c1-11(2)16-19-13(4)15(23-16)12(3)18-9-14-10-21-17(22-14)5-7-20-8-6-17/h11-12,14,18H,5-10H2,1-4H3/t12-,14-/m0/s1. The Bertz CT molecular complexity index is 526. The number of aromatic nitrogens is 1. The van der Waals surface area contributed by atoms with Crippen LogP contribution in [0.1, 0.15) is 61.2 Å². The Morgan fingerprint density at radius 1 is 1.30 bits per heavy atom. The van der Waals surface area contributed by atoms with Crippen molar-refractivity contribution in [1.29, 1.82) is 0 Å². The fourth-order valence-corrected chi connectivity index (χ4v) is 4.24. The molecule has 6 heteroatoms. The number of hydrogen-bond donors (Lipinski definition) is 1. The maximum Gasteiger partial charge on any atom is 0.173 e. The molecule has 1 N–H and O–H groups in total. The number of nitrogens with zero attached hydrogens (tertiary/aromatic N) is 1. The molecule has 1 aromatic rings. The minimum atomic E-state index is -0.390. The van der Waals surface area contributed by atoms with Crippen molar-refractivity contribution in [3.05, 3.63) is 15.6 Å². The highest BCUT2D eigenvalue weighted by atomic mass is 32.1. The van der Waals surface area contributed by atoms with Crippen LogP contribution < -0.4 is 5.32 Å². The van der Waals surface area contributed by atoms with Crippen molar-refractivity contribution in [3.8, 4) is 0 Å². The van der Waals surface area contributed by atoms with Gasteiger partial charge in [-0.05, 0) is 13.8 Å². The minimum absolute atomic E-state index is 0.119. The van der Waals surface area contributed by atoms with Gasteiger partial charge in [-0.1, -0.05) is 13.8 Å². The summed E-state index contributed by atoms with van der Waals surface area (Å²) in [6, 6.07) is 0.287. The van der Waals surface area contributed by atoms with E-state index in [-0.39, 0.29) is 17.9 Å². The summed E-state index contributed by atoms with van der Waals surface area (Å²) in [4.78, 5) is 6.02. The number of ether oxygens (including phenoxy) is 3. The molecule has 2 atom stereocenters. The summed E-state index contributed by atoms with van der Waals surface area (Å²) >= 11 is 1.82. The third-order valence-electron chi connectivity index (χ3n) is 4.56. The molecule has 2 saturated heterocycles. The van der Waals surface area contributed by atoms with E-state index in [1.54, 1.807) is 0 Å². The molecule has 0 bridgehead atoms. The molecule has 1 aromatic heterocycles. The summed E-state index contributed by atoms with van der Waals surface area (Å²) in [6.07, 6.45) is 1.79. The summed E-state index contributed by atoms with van der Waals surface area (Å²) < 4.78 is 17.5. The number of rotatable bonds is 5. The lowest BCUT2D eigenvalue weighted by atomic mass is 10.1. The van der Waals surface area contributed by atoms with Gasteiger partial charge >= 0.3 is 0 Å². The highest BCUT2D eigenvalue weighted by molar-refractivity contribution is 7.11. The second kappa shape index (κ2) is 7.15. The third kappa shape index (κ3) is 3.94. The van der Waals surface area contributed by atoms with Gasteiger partial charge in [-0.2, -0.15) is 0 Å². The van der Waals surface area contributed by atoms with E-state index in [1.165, 1.54) is 9.88 Å². The van der Waals surface area contributed by atoms with E-state index in [1.807, 2.05) is 11.3 Å². The lowest BCUT2D eigenvalue weighted by Crippen LogP contribution is -2.39. The summed E-state index contributed by atoms with van der Waals surface area (Å²) in [5, 5.41) is 4.81. The lowest BCUT2D eigenvalue weighted by molar-refractivity contribution is -0.210. The summed E-state index contributed by atoms with van der Waals surface area (Å²) in [5.74, 6) is 0.0959. The molecule has 3 heterocycles. The smallest absolute Gasteiger partial charge is 0.173 e. The van der Waals surface area contributed by atoms with Crippen LogP contribution >= 0.6 is 11.3 Å². The first kappa shape index (κ1) is 17.3. The second-order valence-corrected chi connectivity index (χ2v) is 7.92. The first-order valence-corrected chi connectivity index (χ1v) is 9.41. The summed E-state index contributed by atoms with van der Waals surface area (Å²) in [6.45, 7) is 11.6. The van der Waals surface area contributed by atoms with Crippen LogP contribution in [0, 0.1) is 6.92 Å². The monoisotopic (exact) mass is 340 g/mol. The quantitative estimate of drug-likeness (QED) is 0.892. The van der Waals surface area contributed by atoms with E-state index in [2.05, 4.69) is 38.0 Å². The SMILES string of the molecule is Cc1nc(C(C)C)sc1[C@H](C)NC[C@H]1COC2(CCOCC2)O1. The zero-order valence-corrected chi connectivity index (χ0v) is 15.4. The molecular weight excluding hydrogens is 312 g/mol. The van der Waals surface area contributed by atoms with Gasteiger partial charge in [0.15, 0.2) is 5.79 Å². The molecule has 0 aromatic carbocycles. The van der Waals surface area contributed by atoms with Crippen LogP contribution in [0.15, 0.2) is 0 Å². The Morgan fingerprint density at radius 3 is 2.70 bits per heavy atom. The van der Waals surface area contributed by atoms with Crippen LogP contribution in [0.4, 0.5) is 0 Å². The van der Waals surface area contributed by atoms with Gasteiger partial charge in [-0.15, -0.1) is 11.3 Å². The maximum absolute atomic E-state index is 6.17. The molecule has 5 nitrogen and oxygen atoms in total. The Hall–Kier alpha value is -0.530. The summed E-state index contributed by atoms with van der Waals surface area (Å²) in [7, 11) is 0. The van der Waals surface area contributed by atoms with Gasteiger partial charge in [0.1, 0.15) is 0 Å². The van der Waals surface area contributed by atoms with Crippen LogP contribution in [0.25, 0.3) is 0 Å². The molecule has 0 unspecified atom stereocenters. The average molecular weight is 340 g/mol. The van der Waals surface area contributed by atoms with Gasteiger partial charge in [0, 0.05) is 36.2 Å². The largest absolute Gasteiger partial charge is 0.381 e. The van der Waals surface area contributed by atoms with Crippen molar-refractivity contribution in [2.45, 2.75) is 64.4 Å². The van der Waals surface area contributed by atoms with Crippen molar-refractivity contribution in [3.63, 3.8) is 0 Å². The van der Waals surface area contributed by atoms with Crippen LogP contribution in [0.2, 0.25) is 0 Å². The number of aryl methyl sites for hydroxylation is 1. The highest BCUT2D eigenvalue weighted by Gasteiger charge is 2.42. The molecule has 0 amide bonds. The van der Waals surface area contributed by atoms with Crippen molar-refractivity contribution in [1.82, 2.24) is 10.3 Å². The van der Waals surface area contributed by atoms with E-state index >= 15 is 0 Å². The van der Waals surface area contributed by atoms with Crippen LogP contribution in [-0.4, -0.2) is 43.2 Å². The van der Waals surface area contributed by atoms with E-state index in [0.29, 0.717) is 12.5 Å². The molecule has 23 heavy (non-hydrogen) atoms. The lowest BCUT2D eigenvalue weighted by Gasteiger charge is -2.31. The van der Waals surface area contributed by atoms with Gasteiger partial charge < -0.3 is 19.5 Å². The average Bonchev–Trinajstić information content (AvgIpc) is 3.10. The second-order valence-electron chi connectivity index (χ2n) is 6.86. The zero-order valence-electron chi connectivity index (χ0n) is 14.6. The van der Waals surface area contributed by atoms with Gasteiger partial charge in [0.05, 0.1) is 36.6 Å². The summed E-state index contributed by atoms with van der Waals surface area (Å²) in [5.41, 5.74) is 1.14. The number of nitrogens with one attached hydrogen (secondary N) is 1. The van der Waals surface area contributed by atoms with Gasteiger partial charge in [0.25, 0.3) is 0 Å². The predicted molar refractivity (Wildman–Crippen MR) is 91.0 cm³/mol. The van der Waals surface area contributed by atoms with Crippen LogP contribution in [0.5, 0.6) is 0 Å². The molecule has 0 radical (unpaired) electrons. The molecule has 1 spiro atoms. The van der Waals surface area contributed by atoms with Crippen LogP contribution in [0.3, 0.4) is 0 Å².